The fraction of sp³-hybridized carbons (Fsp3) is 0.500. The first-order valence-electron chi connectivity index (χ1n) is 8.53. The summed E-state index contributed by atoms with van der Waals surface area (Å²) in [5.41, 5.74) is 2.19. The summed E-state index contributed by atoms with van der Waals surface area (Å²) in [4.78, 5) is 19.0. The van der Waals surface area contributed by atoms with Gasteiger partial charge in [0.05, 0.1) is 5.69 Å². The molecule has 1 atom stereocenters. The van der Waals surface area contributed by atoms with E-state index < -0.39 is 0 Å². The molecule has 3 rings (SSSR count). The molecule has 6 heteroatoms. The largest absolute Gasteiger partial charge is 0.333 e. The van der Waals surface area contributed by atoms with Crippen molar-refractivity contribution in [3.8, 4) is 5.69 Å². The number of aromatic nitrogens is 3. The lowest BCUT2D eigenvalue weighted by atomic mass is 10.0. The molecule has 1 N–H and O–H groups in total. The summed E-state index contributed by atoms with van der Waals surface area (Å²) in [6.07, 6.45) is 0. The first-order valence-corrected chi connectivity index (χ1v) is 8.53. The van der Waals surface area contributed by atoms with Gasteiger partial charge in [0, 0.05) is 25.7 Å². The molecule has 1 aromatic carbocycles. The van der Waals surface area contributed by atoms with Crippen molar-refractivity contribution >= 4 is 5.91 Å². The zero-order valence-corrected chi connectivity index (χ0v) is 14.8. The van der Waals surface area contributed by atoms with E-state index in [0.29, 0.717) is 25.0 Å². The molecule has 1 aromatic heterocycles. The Labute approximate surface area is 142 Å². The number of nitrogens with one attached hydrogen (secondary N) is 1. The average molecular weight is 327 g/mol. The van der Waals surface area contributed by atoms with Gasteiger partial charge in [-0.3, -0.25) is 4.79 Å². The van der Waals surface area contributed by atoms with E-state index in [1.165, 1.54) is 5.56 Å². The van der Waals surface area contributed by atoms with Gasteiger partial charge in [0.15, 0.2) is 0 Å². The molecule has 0 saturated carbocycles. The van der Waals surface area contributed by atoms with Crippen molar-refractivity contribution in [3.63, 3.8) is 0 Å². The minimum atomic E-state index is -0.0905. The van der Waals surface area contributed by atoms with Gasteiger partial charge in [0.2, 0.25) is 5.82 Å². The van der Waals surface area contributed by atoms with E-state index in [1.807, 2.05) is 30.0 Å². The Hall–Kier alpha value is -2.21. The number of amides is 1. The molecule has 1 saturated heterocycles. The molecule has 0 bridgehead atoms. The van der Waals surface area contributed by atoms with Crippen LogP contribution in [0.2, 0.25) is 0 Å². The van der Waals surface area contributed by atoms with Crippen molar-refractivity contribution < 1.29 is 4.79 Å². The van der Waals surface area contributed by atoms with Gasteiger partial charge in [0.25, 0.3) is 5.91 Å². The van der Waals surface area contributed by atoms with E-state index in [0.717, 1.165) is 18.1 Å². The van der Waals surface area contributed by atoms with Crippen molar-refractivity contribution in [2.24, 2.45) is 0 Å². The van der Waals surface area contributed by atoms with Crippen LogP contribution in [0.25, 0.3) is 5.69 Å². The van der Waals surface area contributed by atoms with Crippen molar-refractivity contribution in [1.29, 1.82) is 0 Å². The summed E-state index contributed by atoms with van der Waals surface area (Å²) in [5.74, 6) is 1.29. The summed E-state index contributed by atoms with van der Waals surface area (Å²) in [5, 5.41) is 7.86. The van der Waals surface area contributed by atoms with E-state index in [2.05, 4.69) is 42.2 Å². The van der Waals surface area contributed by atoms with Gasteiger partial charge in [-0.2, -0.15) is 0 Å². The molecular formula is C18H25N5O. The Morgan fingerprint density at radius 1 is 1.33 bits per heavy atom. The number of rotatable bonds is 3. The number of hydrogen-bond acceptors (Lipinski definition) is 4. The highest BCUT2D eigenvalue weighted by Gasteiger charge is 2.25. The van der Waals surface area contributed by atoms with E-state index in [-0.39, 0.29) is 11.7 Å². The van der Waals surface area contributed by atoms with Crippen LogP contribution < -0.4 is 5.32 Å². The molecule has 1 aliphatic heterocycles. The normalized spacial score (nSPS) is 18.2. The molecular weight excluding hydrogens is 302 g/mol. The van der Waals surface area contributed by atoms with Crippen LogP contribution in [0.5, 0.6) is 0 Å². The van der Waals surface area contributed by atoms with Gasteiger partial charge in [-0.1, -0.05) is 32.0 Å². The molecule has 24 heavy (non-hydrogen) atoms. The Kier molecular flexibility index (Phi) is 4.66. The highest BCUT2D eigenvalue weighted by molar-refractivity contribution is 5.90. The summed E-state index contributed by atoms with van der Waals surface area (Å²) in [6.45, 7) is 10.5. The van der Waals surface area contributed by atoms with Gasteiger partial charge in [-0.25, -0.2) is 9.67 Å². The molecule has 0 spiro atoms. The van der Waals surface area contributed by atoms with E-state index in [1.54, 1.807) is 4.68 Å². The van der Waals surface area contributed by atoms with Crippen LogP contribution in [-0.4, -0.2) is 51.2 Å². The molecule has 6 nitrogen and oxygen atoms in total. The first-order chi connectivity index (χ1) is 11.5. The van der Waals surface area contributed by atoms with Gasteiger partial charge >= 0.3 is 0 Å². The number of carbonyl (C=O) groups is 1. The van der Waals surface area contributed by atoms with Crippen LogP contribution in [0.4, 0.5) is 0 Å². The average Bonchev–Trinajstić information content (AvgIpc) is 2.95. The lowest BCUT2D eigenvalue weighted by molar-refractivity contribution is 0.0696. The summed E-state index contributed by atoms with van der Waals surface area (Å²) in [7, 11) is 0. The summed E-state index contributed by atoms with van der Waals surface area (Å²) >= 11 is 0. The standard InChI is InChI=1S/C18H25N5O/c1-12(2)15-7-5-6-8-16(15)23-14(4)20-17(21-23)18(24)22-10-9-19-13(3)11-22/h5-8,12-13,19H,9-11H2,1-4H3. The van der Waals surface area contributed by atoms with Crippen LogP contribution in [0.3, 0.4) is 0 Å². The van der Waals surface area contributed by atoms with Crippen LogP contribution in [0.15, 0.2) is 24.3 Å². The third-order valence-corrected chi connectivity index (χ3v) is 4.40. The third-order valence-electron chi connectivity index (χ3n) is 4.40. The number of aryl methyl sites for hydroxylation is 1. The van der Waals surface area contributed by atoms with Gasteiger partial charge in [0.1, 0.15) is 5.82 Å². The lowest BCUT2D eigenvalue weighted by Gasteiger charge is -2.31. The molecule has 1 amide bonds. The maximum atomic E-state index is 12.7. The molecule has 0 radical (unpaired) electrons. The maximum absolute atomic E-state index is 12.7. The third kappa shape index (κ3) is 3.19. The summed E-state index contributed by atoms with van der Waals surface area (Å²) in [6, 6.07) is 8.44. The molecule has 2 aromatic rings. The molecule has 1 aliphatic rings. The molecule has 0 aliphatic carbocycles. The highest BCUT2D eigenvalue weighted by Crippen LogP contribution is 2.23. The minimum Gasteiger partial charge on any atom is -0.333 e. The Bertz CT molecular complexity index is 737. The van der Waals surface area contributed by atoms with Crippen molar-refractivity contribution in [1.82, 2.24) is 25.0 Å². The predicted octanol–water partition coefficient (Wildman–Crippen LogP) is 2.13. The number of hydrogen-bond donors (Lipinski definition) is 1. The topological polar surface area (TPSA) is 63.1 Å². The maximum Gasteiger partial charge on any atom is 0.293 e. The van der Waals surface area contributed by atoms with E-state index in [4.69, 9.17) is 0 Å². The zero-order valence-electron chi connectivity index (χ0n) is 14.8. The number of nitrogens with zero attached hydrogens (tertiary/aromatic N) is 4. The molecule has 1 unspecified atom stereocenters. The Morgan fingerprint density at radius 3 is 2.79 bits per heavy atom. The predicted molar refractivity (Wildman–Crippen MR) is 93.6 cm³/mol. The van der Waals surface area contributed by atoms with Gasteiger partial charge in [-0.15, -0.1) is 5.10 Å². The van der Waals surface area contributed by atoms with E-state index >= 15 is 0 Å². The fourth-order valence-electron chi connectivity index (χ4n) is 3.14. The molecule has 128 valence electrons. The number of benzene rings is 1. The van der Waals surface area contributed by atoms with Crippen molar-refractivity contribution in [2.75, 3.05) is 19.6 Å². The number of carbonyl (C=O) groups excluding carboxylic acids is 1. The number of piperazine rings is 1. The van der Waals surface area contributed by atoms with Crippen LogP contribution in [-0.2, 0) is 0 Å². The smallest absolute Gasteiger partial charge is 0.293 e. The van der Waals surface area contributed by atoms with Gasteiger partial charge in [-0.05, 0) is 31.4 Å². The fourth-order valence-corrected chi connectivity index (χ4v) is 3.14. The SMILES string of the molecule is Cc1nc(C(=O)N2CCNC(C)C2)nn1-c1ccccc1C(C)C. The second-order valence-corrected chi connectivity index (χ2v) is 6.71. The van der Waals surface area contributed by atoms with Gasteiger partial charge < -0.3 is 10.2 Å². The lowest BCUT2D eigenvalue weighted by Crippen LogP contribution is -2.51. The second-order valence-electron chi connectivity index (χ2n) is 6.71. The molecule has 2 heterocycles. The van der Waals surface area contributed by atoms with Crippen LogP contribution in [0, 0.1) is 6.92 Å². The zero-order chi connectivity index (χ0) is 17.3. The van der Waals surface area contributed by atoms with Crippen molar-refractivity contribution in [2.45, 2.75) is 39.7 Å². The van der Waals surface area contributed by atoms with E-state index in [9.17, 15) is 4.79 Å². The molecule has 1 fully saturated rings. The number of para-hydroxylation sites is 1. The Morgan fingerprint density at radius 2 is 2.08 bits per heavy atom. The Balaban J connectivity index is 1.92. The van der Waals surface area contributed by atoms with Crippen LogP contribution in [0.1, 0.15) is 48.7 Å². The first kappa shape index (κ1) is 16.6. The van der Waals surface area contributed by atoms with Crippen LogP contribution >= 0.6 is 0 Å². The quantitative estimate of drug-likeness (QED) is 0.938. The van der Waals surface area contributed by atoms with Crippen molar-refractivity contribution in [3.05, 3.63) is 41.5 Å². The summed E-state index contributed by atoms with van der Waals surface area (Å²) < 4.78 is 1.79. The minimum absolute atomic E-state index is 0.0905. The second kappa shape index (κ2) is 6.73. The monoisotopic (exact) mass is 327 g/mol. The highest BCUT2D eigenvalue weighted by atomic mass is 16.2.